The first kappa shape index (κ1) is 13.1. The summed E-state index contributed by atoms with van der Waals surface area (Å²) < 4.78 is 0. The molecule has 2 aliphatic heterocycles. The normalized spacial score (nSPS) is 25.7. The summed E-state index contributed by atoms with van der Waals surface area (Å²) in [5.41, 5.74) is 0. The average Bonchev–Trinajstić information content (AvgIpc) is 2.34. The zero-order valence-electron chi connectivity index (χ0n) is 10.9. The molecule has 5 nitrogen and oxygen atoms in total. The van der Waals surface area contributed by atoms with Crippen molar-refractivity contribution in [2.75, 3.05) is 26.2 Å². The largest absolute Gasteiger partial charge is 0.347 e. The summed E-state index contributed by atoms with van der Waals surface area (Å²) in [6.45, 7) is 8.66. The SMILES string of the molecule is C=CC(=O)NC1CN(C2CCCN(CC)C2=O)C1. The molecule has 0 bridgehead atoms. The molecule has 0 aromatic heterocycles. The summed E-state index contributed by atoms with van der Waals surface area (Å²) in [5, 5.41) is 2.85. The van der Waals surface area contributed by atoms with Crippen molar-refractivity contribution in [3.8, 4) is 0 Å². The molecule has 0 aromatic carbocycles. The van der Waals surface area contributed by atoms with Crippen molar-refractivity contribution < 1.29 is 9.59 Å². The van der Waals surface area contributed by atoms with Gasteiger partial charge >= 0.3 is 0 Å². The van der Waals surface area contributed by atoms with E-state index in [1.807, 2.05) is 11.8 Å². The van der Waals surface area contributed by atoms with Gasteiger partial charge in [0.2, 0.25) is 11.8 Å². The zero-order valence-corrected chi connectivity index (χ0v) is 10.9. The summed E-state index contributed by atoms with van der Waals surface area (Å²) in [5.74, 6) is 0.113. The summed E-state index contributed by atoms with van der Waals surface area (Å²) in [4.78, 5) is 27.4. The second kappa shape index (κ2) is 5.52. The highest BCUT2D eigenvalue weighted by atomic mass is 16.2. The third kappa shape index (κ3) is 2.56. The van der Waals surface area contributed by atoms with Gasteiger partial charge in [0.25, 0.3) is 0 Å². The molecule has 2 fully saturated rings. The highest BCUT2D eigenvalue weighted by Gasteiger charge is 2.39. The van der Waals surface area contributed by atoms with Crippen LogP contribution in [0.3, 0.4) is 0 Å². The lowest BCUT2D eigenvalue weighted by atomic mass is 9.97. The van der Waals surface area contributed by atoms with Crippen LogP contribution in [0.5, 0.6) is 0 Å². The molecule has 0 saturated carbocycles. The minimum Gasteiger partial charge on any atom is -0.347 e. The van der Waals surface area contributed by atoms with Crippen molar-refractivity contribution in [1.82, 2.24) is 15.1 Å². The molecule has 2 heterocycles. The molecule has 100 valence electrons. The molecule has 1 atom stereocenters. The van der Waals surface area contributed by atoms with E-state index in [0.29, 0.717) is 0 Å². The summed E-state index contributed by atoms with van der Waals surface area (Å²) >= 11 is 0. The smallest absolute Gasteiger partial charge is 0.243 e. The number of nitrogens with one attached hydrogen (secondary N) is 1. The molecule has 2 aliphatic rings. The predicted octanol–water partition coefficient (Wildman–Crippen LogP) is -0.0163. The predicted molar refractivity (Wildman–Crippen MR) is 69.0 cm³/mol. The number of nitrogens with zero attached hydrogens (tertiary/aromatic N) is 2. The van der Waals surface area contributed by atoms with Gasteiger partial charge in [-0.15, -0.1) is 0 Å². The standard InChI is InChI=1S/C13H21N3O2/c1-3-12(17)14-10-8-16(9-10)11-6-5-7-15(4-2)13(11)18/h3,10-11H,1,4-9H2,2H3,(H,14,17). The van der Waals surface area contributed by atoms with E-state index in [0.717, 1.165) is 39.0 Å². The lowest BCUT2D eigenvalue weighted by Crippen LogP contribution is -2.65. The summed E-state index contributed by atoms with van der Waals surface area (Å²) in [6, 6.07) is 0.191. The molecular weight excluding hydrogens is 230 g/mol. The van der Waals surface area contributed by atoms with Gasteiger partial charge in [0.15, 0.2) is 0 Å². The maximum Gasteiger partial charge on any atom is 0.243 e. The first-order chi connectivity index (χ1) is 8.65. The number of carbonyl (C=O) groups is 2. The Labute approximate surface area is 108 Å². The van der Waals surface area contributed by atoms with Gasteiger partial charge in [0.05, 0.1) is 12.1 Å². The van der Waals surface area contributed by atoms with Crippen molar-refractivity contribution >= 4 is 11.8 Å². The molecule has 2 saturated heterocycles. The first-order valence-electron chi connectivity index (χ1n) is 6.61. The van der Waals surface area contributed by atoms with Crippen LogP contribution in [0, 0.1) is 0 Å². The lowest BCUT2D eigenvalue weighted by molar-refractivity contribution is -0.142. The Morgan fingerprint density at radius 1 is 1.56 bits per heavy atom. The minimum absolute atomic E-state index is 0.0237. The third-order valence-electron chi connectivity index (χ3n) is 3.77. The lowest BCUT2D eigenvalue weighted by Gasteiger charge is -2.46. The zero-order chi connectivity index (χ0) is 13.1. The van der Waals surface area contributed by atoms with E-state index in [9.17, 15) is 9.59 Å². The van der Waals surface area contributed by atoms with Crippen LogP contribution >= 0.6 is 0 Å². The van der Waals surface area contributed by atoms with Gasteiger partial charge in [-0.05, 0) is 25.8 Å². The minimum atomic E-state index is -0.134. The number of hydrogen-bond donors (Lipinski definition) is 1. The van der Waals surface area contributed by atoms with E-state index in [2.05, 4.69) is 16.8 Å². The number of piperidine rings is 1. The van der Waals surface area contributed by atoms with E-state index in [1.165, 1.54) is 6.08 Å². The fraction of sp³-hybridized carbons (Fsp3) is 0.692. The van der Waals surface area contributed by atoms with Crippen LogP contribution in [0.2, 0.25) is 0 Å². The highest BCUT2D eigenvalue weighted by Crippen LogP contribution is 2.22. The third-order valence-corrected chi connectivity index (χ3v) is 3.77. The van der Waals surface area contributed by atoms with E-state index in [1.54, 1.807) is 0 Å². The molecule has 0 aliphatic carbocycles. The molecule has 1 unspecified atom stereocenters. The number of hydrogen-bond acceptors (Lipinski definition) is 3. The molecule has 5 heteroatoms. The monoisotopic (exact) mass is 251 g/mol. The van der Waals surface area contributed by atoms with Crippen molar-refractivity contribution in [2.24, 2.45) is 0 Å². The highest BCUT2D eigenvalue weighted by molar-refractivity contribution is 5.87. The van der Waals surface area contributed by atoms with Crippen LogP contribution in [0.4, 0.5) is 0 Å². The molecular formula is C13H21N3O2. The van der Waals surface area contributed by atoms with Crippen LogP contribution in [0.1, 0.15) is 19.8 Å². The molecule has 2 rings (SSSR count). The van der Waals surface area contributed by atoms with Crippen molar-refractivity contribution in [2.45, 2.75) is 31.8 Å². The van der Waals surface area contributed by atoms with Gasteiger partial charge in [-0.25, -0.2) is 0 Å². The van der Waals surface area contributed by atoms with E-state index in [-0.39, 0.29) is 23.9 Å². The summed E-state index contributed by atoms with van der Waals surface area (Å²) in [6.07, 6.45) is 3.30. The van der Waals surface area contributed by atoms with Gasteiger partial charge in [0, 0.05) is 26.2 Å². The Morgan fingerprint density at radius 2 is 2.28 bits per heavy atom. The molecule has 0 radical (unpaired) electrons. The number of likely N-dealkylation sites (N-methyl/N-ethyl adjacent to an activating group) is 1. The number of rotatable bonds is 4. The topological polar surface area (TPSA) is 52.7 Å². The maximum atomic E-state index is 12.2. The van der Waals surface area contributed by atoms with E-state index < -0.39 is 0 Å². The number of carbonyl (C=O) groups excluding carboxylic acids is 2. The Hall–Kier alpha value is -1.36. The quantitative estimate of drug-likeness (QED) is 0.715. The number of amides is 2. The molecule has 0 spiro atoms. The van der Waals surface area contributed by atoms with Crippen LogP contribution < -0.4 is 5.32 Å². The Kier molecular flexibility index (Phi) is 4.01. The average molecular weight is 251 g/mol. The Bertz CT molecular complexity index is 350. The van der Waals surface area contributed by atoms with E-state index >= 15 is 0 Å². The second-order valence-electron chi connectivity index (χ2n) is 4.94. The van der Waals surface area contributed by atoms with Crippen LogP contribution in [-0.2, 0) is 9.59 Å². The summed E-state index contributed by atoms with van der Waals surface area (Å²) in [7, 11) is 0. The molecule has 2 amide bonds. The van der Waals surface area contributed by atoms with Gasteiger partial charge in [-0.3, -0.25) is 14.5 Å². The second-order valence-corrected chi connectivity index (χ2v) is 4.94. The van der Waals surface area contributed by atoms with Crippen molar-refractivity contribution in [3.63, 3.8) is 0 Å². The van der Waals surface area contributed by atoms with Crippen LogP contribution in [-0.4, -0.2) is 59.9 Å². The Balaban J connectivity index is 1.82. The van der Waals surface area contributed by atoms with Crippen molar-refractivity contribution in [1.29, 1.82) is 0 Å². The maximum absolute atomic E-state index is 12.2. The van der Waals surface area contributed by atoms with Gasteiger partial charge in [0.1, 0.15) is 0 Å². The molecule has 1 N–H and O–H groups in total. The molecule has 18 heavy (non-hydrogen) atoms. The Morgan fingerprint density at radius 3 is 2.89 bits per heavy atom. The van der Waals surface area contributed by atoms with Gasteiger partial charge < -0.3 is 10.2 Å². The van der Waals surface area contributed by atoms with Crippen LogP contribution in [0.25, 0.3) is 0 Å². The van der Waals surface area contributed by atoms with Crippen molar-refractivity contribution in [3.05, 3.63) is 12.7 Å². The molecule has 0 aromatic rings. The van der Waals surface area contributed by atoms with Gasteiger partial charge in [-0.2, -0.15) is 0 Å². The van der Waals surface area contributed by atoms with E-state index in [4.69, 9.17) is 0 Å². The van der Waals surface area contributed by atoms with Gasteiger partial charge in [-0.1, -0.05) is 6.58 Å². The fourth-order valence-corrected chi connectivity index (χ4v) is 2.69. The van der Waals surface area contributed by atoms with Crippen LogP contribution in [0.15, 0.2) is 12.7 Å². The fourth-order valence-electron chi connectivity index (χ4n) is 2.69. The first-order valence-corrected chi connectivity index (χ1v) is 6.61. The number of likely N-dealkylation sites (tertiary alicyclic amines) is 2.